The molecule has 1 aliphatic heterocycles. The highest BCUT2D eigenvalue weighted by Crippen LogP contribution is 2.14. The van der Waals surface area contributed by atoms with E-state index in [0.717, 1.165) is 12.8 Å². The lowest BCUT2D eigenvalue weighted by Crippen LogP contribution is -2.38. The normalized spacial score (nSPS) is 19.3. The standard InChI is InChI=1S/C9H20N2O3S/c10-5-1-2-6-11-15(12,13)9-3-7-14-8-4-9/h9,11H,1-8,10H2. The van der Waals surface area contributed by atoms with Crippen molar-refractivity contribution in [1.82, 2.24) is 4.72 Å². The van der Waals surface area contributed by atoms with Crippen LogP contribution in [0.5, 0.6) is 0 Å². The summed E-state index contributed by atoms with van der Waals surface area (Å²) in [7, 11) is -3.13. The highest BCUT2D eigenvalue weighted by atomic mass is 32.2. The lowest BCUT2D eigenvalue weighted by molar-refractivity contribution is 0.0981. The van der Waals surface area contributed by atoms with E-state index in [4.69, 9.17) is 10.5 Å². The number of hydrogen-bond donors (Lipinski definition) is 2. The summed E-state index contributed by atoms with van der Waals surface area (Å²) in [6.07, 6.45) is 2.87. The van der Waals surface area contributed by atoms with E-state index in [1.165, 1.54) is 0 Å². The number of rotatable bonds is 6. The smallest absolute Gasteiger partial charge is 0.214 e. The van der Waals surface area contributed by atoms with Gasteiger partial charge >= 0.3 is 0 Å². The van der Waals surface area contributed by atoms with Crippen LogP contribution in [-0.4, -0.2) is 40.0 Å². The second-order valence-electron chi connectivity index (χ2n) is 3.75. The maximum Gasteiger partial charge on any atom is 0.214 e. The molecule has 1 aliphatic rings. The molecule has 0 aromatic rings. The van der Waals surface area contributed by atoms with E-state index in [0.29, 0.717) is 39.1 Å². The number of hydrogen-bond acceptors (Lipinski definition) is 4. The molecule has 1 heterocycles. The number of nitrogens with one attached hydrogen (secondary N) is 1. The van der Waals surface area contributed by atoms with Crippen LogP contribution >= 0.6 is 0 Å². The molecule has 0 bridgehead atoms. The maximum atomic E-state index is 11.8. The molecule has 0 unspecified atom stereocenters. The molecule has 0 aromatic carbocycles. The number of unbranched alkanes of at least 4 members (excludes halogenated alkanes) is 1. The number of ether oxygens (including phenoxy) is 1. The highest BCUT2D eigenvalue weighted by molar-refractivity contribution is 7.90. The van der Waals surface area contributed by atoms with Crippen LogP contribution < -0.4 is 10.5 Å². The van der Waals surface area contributed by atoms with Crippen molar-refractivity contribution in [2.24, 2.45) is 5.73 Å². The Bertz CT molecular complexity index is 261. The minimum absolute atomic E-state index is 0.274. The summed E-state index contributed by atoms with van der Waals surface area (Å²) in [5.41, 5.74) is 5.33. The van der Waals surface area contributed by atoms with Crippen LogP contribution in [0.3, 0.4) is 0 Å². The van der Waals surface area contributed by atoms with Crippen molar-refractivity contribution in [3.05, 3.63) is 0 Å². The van der Waals surface area contributed by atoms with Gasteiger partial charge in [-0.1, -0.05) is 0 Å². The van der Waals surface area contributed by atoms with E-state index >= 15 is 0 Å². The van der Waals surface area contributed by atoms with Crippen molar-refractivity contribution in [3.63, 3.8) is 0 Å². The van der Waals surface area contributed by atoms with Gasteiger partial charge in [-0.15, -0.1) is 0 Å². The van der Waals surface area contributed by atoms with Gasteiger partial charge in [0, 0.05) is 19.8 Å². The first-order chi connectivity index (χ1) is 7.17. The zero-order valence-corrected chi connectivity index (χ0v) is 9.76. The molecule has 15 heavy (non-hydrogen) atoms. The summed E-state index contributed by atoms with van der Waals surface area (Å²) >= 11 is 0. The molecule has 1 rings (SSSR count). The van der Waals surface area contributed by atoms with Crippen LogP contribution in [0, 0.1) is 0 Å². The minimum Gasteiger partial charge on any atom is -0.381 e. The molecular formula is C9H20N2O3S. The zero-order chi connectivity index (χ0) is 11.1. The minimum atomic E-state index is -3.13. The van der Waals surface area contributed by atoms with Crippen LogP contribution in [0.25, 0.3) is 0 Å². The quantitative estimate of drug-likeness (QED) is 0.627. The van der Waals surface area contributed by atoms with Crippen LogP contribution in [0.15, 0.2) is 0 Å². The van der Waals surface area contributed by atoms with E-state index in [1.54, 1.807) is 0 Å². The fourth-order valence-corrected chi connectivity index (χ4v) is 3.07. The molecule has 6 heteroatoms. The Morgan fingerprint density at radius 3 is 2.53 bits per heavy atom. The van der Waals surface area contributed by atoms with Crippen molar-refractivity contribution in [2.75, 3.05) is 26.3 Å². The molecule has 0 aliphatic carbocycles. The topological polar surface area (TPSA) is 81.4 Å². The van der Waals surface area contributed by atoms with E-state index < -0.39 is 10.0 Å². The molecule has 5 nitrogen and oxygen atoms in total. The van der Waals surface area contributed by atoms with Crippen molar-refractivity contribution in [3.8, 4) is 0 Å². The van der Waals surface area contributed by atoms with Crippen LogP contribution in [-0.2, 0) is 14.8 Å². The first kappa shape index (κ1) is 12.9. The van der Waals surface area contributed by atoms with E-state index in [9.17, 15) is 8.42 Å². The van der Waals surface area contributed by atoms with Crippen molar-refractivity contribution in [1.29, 1.82) is 0 Å². The second kappa shape index (κ2) is 6.42. The summed E-state index contributed by atoms with van der Waals surface area (Å²) in [5.74, 6) is 0. The van der Waals surface area contributed by atoms with Gasteiger partial charge in [-0.3, -0.25) is 0 Å². The van der Waals surface area contributed by atoms with Crippen molar-refractivity contribution >= 4 is 10.0 Å². The van der Waals surface area contributed by atoms with E-state index in [1.807, 2.05) is 0 Å². The lowest BCUT2D eigenvalue weighted by atomic mass is 10.2. The molecule has 3 N–H and O–H groups in total. The molecule has 1 fully saturated rings. The first-order valence-electron chi connectivity index (χ1n) is 5.43. The average molecular weight is 236 g/mol. The lowest BCUT2D eigenvalue weighted by Gasteiger charge is -2.22. The fourth-order valence-electron chi connectivity index (χ4n) is 1.59. The van der Waals surface area contributed by atoms with Crippen LogP contribution in [0.2, 0.25) is 0 Å². The summed E-state index contributed by atoms with van der Waals surface area (Å²) in [5, 5.41) is -0.274. The third-order valence-corrected chi connectivity index (χ3v) is 4.50. The molecule has 0 aromatic heterocycles. The molecule has 0 saturated carbocycles. The number of nitrogens with two attached hydrogens (primary N) is 1. The van der Waals surface area contributed by atoms with Gasteiger partial charge in [0.15, 0.2) is 0 Å². The predicted octanol–water partition coefficient (Wildman–Crippen LogP) is -0.176. The summed E-state index contributed by atoms with van der Waals surface area (Å²) < 4.78 is 31.3. The van der Waals surface area contributed by atoms with Crippen molar-refractivity contribution < 1.29 is 13.2 Å². The predicted molar refractivity (Wildman–Crippen MR) is 59.1 cm³/mol. The van der Waals surface area contributed by atoms with Gasteiger partial charge in [0.2, 0.25) is 10.0 Å². The molecule has 0 amide bonds. The number of sulfonamides is 1. The van der Waals surface area contributed by atoms with E-state index in [-0.39, 0.29) is 5.25 Å². The summed E-state index contributed by atoms with van der Waals surface area (Å²) in [4.78, 5) is 0. The monoisotopic (exact) mass is 236 g/mol. The van der Waals surface area contributed by atoms with Gasteiger partial charge < -0.3 is 10.5 Å². The molecular weight excluding hydrogens is 216 g/mol. The molecule has 90 valence electrons. The average Bonchev–Trinajstić information content (AvgIpc) is 2.26. The Labute approximate surface area is 91.4 Å². The van der Waals surface area contributed by atoms with Gasteiger partial charge in [0.25, 0.3) is 0 Å². The van der Waals surface area contributed by atoms with Gasteiger partial charge in [-0.25, -0.2) is 13.1 Å². The molecule has 1 saturated heterocycles. The Hall–Kier alpha value is -0.170. The Kier molecular flexibility index (Phi) is 5.52. The second-order valence-corrected chi connectivity index (χ2v) is 5.79. The van der Waals surface area contributed by atoms with Gasteiger partial charge in [0.1, 0.15) is 0 Å². The highest BCUT2D eigenvalue weighted by Gasteiger charge is 2.26. The Morgan fingerprint density at radius 2 is 1.93 bits per heavy atom. The SMILES string of the molecule is NCCCCNS(=O)(=O)C1CCOCC1. The van der Waals surface area contributed by atoms with Gasteiger partial charge in [-0.05, 0) is 32.2 Å². The maximum absolute atomic E-state index is 11.8. The van der Waals surface area contributed by atoms with E-state index in [2.05, 4.69) is 4.72 Å². The first-order valence-corrected chi connectivity index (χ1v) is 6.98. The van der Waals surface area contributed by atoms with Crippen molar-refractivity contribution in [2.45, 2.75) is 30.9 Å². The largest absolute Gasteiger partial charge is 0.381 e. The fraction of sp³-hybridized carbons (Fsp3) is 1.00. The van der Waals surface area contributed by atoms with Crippen LogP contribution in [0.1, 0.15) is 25.7 Å². The molecule has 0 radical (unpaired) electrons. The summed E-state index contributed by atoms with van der Waals surface area (Å²) in [6.45, 7) is 2.21. The third-order valence-electron chi connectivity index (χ3n) is 2.54. The van der Waals surface area contributed by atoms with Crippen LogP contribution in [0.4, 0.5) is 0 Å². The Morgan fingerprint density at radius 1 is 1.27 bits per heavy atom. The Balaban J connectivity index is 2.30. The van der Waals surface area contributed by atoms with Gasteiger partial charge in [-0.2, -0.15) is 0 Å². The summed E-state index contributed by atoms with van der Waals surface area (Å²) in [6, 6.07) is 0. The van der Waals surface area contributed by atoms with Gasteiger partial charge in [0.05, 0.1) is 5.25 Å². The molecule has 0 atom stereocenters. The third kappa shape index (κ3) is 4.46. The zero-order valence-electron chi connectivity index (χ0n) is 8.94. The molecule has 0 spiro atoms.